The molecule has 56 heavy (non-hydrogen) atoms. The van der Waals surface area contributed by atoms with E-state index in [-0.39, 0.29) is 30.8 Å². The fourth-order valence-electron chi connectivity index (χ4n) is 8.60. The van der Waals surface area contributed by atoms with Crippen LogP contribution in [0.15, 0.2) is 54.7 Å². The summed E-state index contributed by atoms with van der Waals surface area (Å²) in [5.74, 6) is -0.506. The summed E-state index contributed by atoms with van der Waals surface area (Å²) in [6.07, 6.45) is 6.18. The minimum Gasteiger partial charge on any atom is -0.490 e. The molecule has 2 unspecified atom stereocenters. The number of piperazine rings is 1. The summed E-state index contributed by atoms with van der Waals surface area (Å²) in [5.41, 5.74) is 2.92. The summed E-state index contributed by atoms with van der Waals surface area (Å²) in [4.78, 5) is 76.1. The number of amides is 5. The molecular formula is C41H43ClN8O6. The van der Waals surface area contributed by atoms with Crippen LogP contribution in [0, 0.1) is 23.2 Å². The Balaban J connectivity index is 0.762. The van der Waals surface area contributed by atoms with Gasteiger partial charge in [0.25, 0.3) is 11.8 Å². The van der Waals surface area contributed by atoms with Gasteiger partial charge < -0.3 is 19.9 Å². The molecule has 15 heteroatoms. The topological polar surface area (TPSA) is 168 Å². The average Bonchev–Trinajstić information content (AvgIpc) is 3.77. The third-order valence-electron chi connectivity index (χ3n) is 11.8. The average molecular weight is 779 g/mol. The standard InChI is InChI=1S/C41H43ClN8O6/c42-34-21-31(6-2-27(34)22-43)56-30-5-1-26(19-30)38(52)45-36-9-4-29(23-44-36)48-13-11-25(12-14-48)24-47-15-17-49(18-16-47)28-3-7-32-33(20-28)41(55)50(40(32)54)35-8-10-37(51)46-39(35)53/h2-4,6-7,9,20-21,23,25-26,30,35H,1,5,8,10-19,24H2,(H,44,45,52)(H,46,51,53)/t26?,30-,35?/m1/s1. The summed E-state index contributed by atoms with van der Waals surface area (Å²) in [6, 6.07) is 15.3. The zero-order valence-electron chi connectivity index (χ0n) is 30.9. The Kier molecular flexibility index (Phi) is 10.6. The Morgan fingerprint density at radius 3 is 2.34 bits per heavy atom. The summed E-state index contributed by atoms with van der Waals surface area (Å²) < 4.78 is 6.05. The predicted molar refractivity (Wildman–Crippen MR) is 207 cm³/mol. The molecule has 290 valence electrons. The lowest BCUT2D eigenvalue weighted by Crippen LogP contribution is -2.54. The van der Waals surface area contributed by atoms with Crippen LogP contribution < -0.4 is 25.2 Å². The van der Waals surface area contributed by atoms with Crippen molar-refractivity contribution in [2.45, 2.75) is 57.1 Å². The SMILES string of the molecule is N#Cc1ccc(O[C@@H]2CCC(C(=O)Nc3ccc(N4CCC(CN5CCN(c6ccc7c(c6)C(=O)N(C6CCC(=O)NC6=O)C7=O)CC5)CC4)cn3)C2)cc1Cl. The van der Waals surface area contributed by atoms with Gasteiger partial charge in [-0.3, -0.25) is 39.1 Å². The fraction of sp³-hybridized carbons (Fsp3) is 0.439. The largest absolute Gasteiger partial charge is 0.490 e. The number of nitriles is 1. The van der Waals surface area contributed by atoms with Crippen LogP contribution in [-0.4, -0.2) is 102 Å². The third kappa shape index (κ3) is 7.79. The molecule has 5 heterocycles. The van der Waals surface area contributed by atoms with Gasteiger partial charge in [-0.2, -0.15) is 5.26 Å². The Labute approximate surface area is 329 Å². The molecule has 14 nitrogen and oxygen atoms in total. The molecule has 1 saturated carbocycles. The maximum absolute atomic E-state index is 13.3. The van der Waals surface area contributed by atoms with Gasteiger partial charge in [0, 0.05) is 69.9 Å². The van der Waals surface area contributed by atoms with Gasteiger partial charge in [-0.05, 0) is 86.9 Å². The number of fused-ring (bicyclic) bond motifs is 1. The third-order valence-corrected chi connectivity index (χ3v) is 12.1. The normalized spacial score (nSPS) is 23.2. The van der Waals surface area contributed by atoms with E-state index in [1.165, 1.54) is 0 Å². The number of rotatable bonds is 9. The Hall–Kier alpha value is -5.52. The van der Waals surface area contributed by atoms with Crippen molar-refractivity contribution in [3.63, 3.8) is 0 Å². The number of nitrogens with zero attached hydrogens (tertiary/aromatic N) is 6. The quantitative estimate of drug-likeness (QED) is 0.299. The van der Waals surface area contributed by atoms with E-state index in [1.54, 1.807) is 30.3 Å². The summed E-state index contributed by atoms with van der Waals surface area (Å²) in [6.45, 7) is 6.28. The highest BCUT2D eigenvalue weighted by Gasteiger charge is 2.45. The molecular weight excluding hydrogens is 736 g/mol. The van der Waals surface area contributed by atoms with E-state index in [4.69, 9.17) is 21.6 Å². The number of imide groups is 2. The molecule has 3 aromatic rings. The minimum absolute atomic E-state index is 0.0619. The molecule has 1 aliphatic carbocycles. The Morgan fingerprint density at radius 1 is 0.875 bits per heavy atom. The zero-order valence-corrected chi connectivity index (χ0v) is 31.7. The first-order chi connectivity index (χ1) is 27.1. The molecule has 2 N–H and O–H groups in total. The maximum atomic E-state index is 13.3. The van der Waals surface area contributed by atoms with Crippen LogP contribution in [0.5, 0.6) is 5.75 Å². The van der Waals surface area contributed by atoms with Crippen LogP contribution >= 0.6 is 11.6 Å². The van der Waals surface area contributed by atoms with E-state index < -0.39 is 29.7 Å². The number of anilines is 3. The second kappa shape index (κ2) is 15.9. The second-order valence-corrected chi connectivity index (χ2v) is 15.7. The first kappa shape index (κ1) is 37.4. The van der Waals surface area contributed by atoms with Crippen molar-refractivity contribution < 1.29 is 28.7 Å². The van der Waals surface area contributed by atoms with E-state index in [9.17, 15) is 24.0 Å². The highest BCUT2D eigenvalue weighted by molar-refractivity contribution is 6.31. The van der Waals surface area contributed by atoms with Crippen LogP contribution in [0.3, 0.4) is 0 Å². The molecule has 1 aromatic heterocycles. The molecule has 0 radical (unpaired) electrons. The van der Waals surface area contributed by atoms with Crippen molar-refractivity contribution in [3.8, 4) is 11.8 Å². The molecule has 4 fully saturated rings. The van der Waals surface area contributed by atoms with Crippen LogP contribution in [0.25, 0.3) is 0 Å². The first-order valence-electron chi connectivity index (χ1n) is 19.3. The van der Waals surface area contributed by atoms with Gasteiger partial charge in [0.05, 0.1) is 39.7 Å². The number of carbonyl (C=O) groups is 5. The lowest BCUT2D eigenvalue weighted by atomic mass is 9.95. The van der Waals surface area contributed by atoms with Crippen LogP contribution in [0.1, 0.15) is 71.2 Å². The number of halogens is 1. The van der Waals surface area contributed by atoms with E-state index >= 15 is 0 Å². The van der Waals surface area contributed by atoms with Gasteiger partial charge in [0.1, 0.15) is 23.7 Å². The van der Waals surface area contributed by atoms with E-state index in [0.29, 0.717) is 45.6 Å². The molecule has 5 aliphatic rings. The molecule has 3 atom stereocenters. The number of benzene rings is 2. The van der Waals surface area contributed by atoms with Crippen LogP contribution in [0.2, 0.25) is 5.02 Å². The van der Waals surface area contributed by atoms with Gasteiger partial charge in [-0.25, -0.2) is 4.98 Å². The number of hydrogen-bond acceptors (Lipinski definition) is 11. The molecule has 0 spiro atoms. The van der Waals surface area contributed by atoms with Gasteiger partial charge in [-0.1, -0.05) is 11.6 Å². The zero-order chi connectivity index (χ0) is 38.9. The molecule has 4 aliphatic heterocycles. The molecule has 0 bridgehead atoms. The van der Waals surface area contributed by atoms with E-state index in [2.05, 4.69) is 30.3 Å². The Bertz CT molecular complexity index is 2090. The number of pyridine rings is 1. The number of ether oxygens (including phenoxy) is 1. The first-order valence-corrected chi connectivity index (χ1v) is 19.7. The summed E-state index contributed by atoms with van der Waals surface area (Å²) >= 11 is 6.14. The summed E-state index contributed by atoms with van der Waals surface area (Å²) in [7, 11) is 0. The Morgan fingerprint density at radius 2 is 1.62 bits per heavy atom. The lowest BCUT2D eigenvalue weighted by Gasteiger charge is -2.40. The van der Waals surface area contributed by atoms with Crippen molar-refractivity contribution in [2.75, 3.05) is 60.9 Å². The number of nitrogens with one attached hydrogen (secondary N) is 2. The van der Waals surface area contributed by atoms with Crippen LogP contribution in [0.4, 0.5) is 17.2 Å². The molecule has 2 aromatic carbocycles. The molecule has 3 saturated heterocycles. The van der Waals surface area contributed by atoms with Gasteiger partial charge in [0.2, 0.25) is 17.7 Å². The van der Waals surface area contributed by atoms with Crippen LogP contribution in [-0.2, 0) is 14.4 Å². The fourth-order valence-corrected chi connectivity index (χ4v) is 8.81. The van der Waals surface area contributed by atoms with Gasteiger partial charge in [-0.15, -0.1) is 0 Å². The highest BCUT2D eigenvalue weighted by atomic mass is 35.5. The van der Waals surface area contributed by atoms with Crippen molar-refractivity contribution in [3.05, 3.63) is 76.4 Å². The minimum atomic E-state index is -0.974. The molecule has 5 amide bonds. The van der Waals surface area contributed by atoms with E-state index in [0.717, 1.165) is 87.8 Å². The van der Waals surface area contributed by atoms with Crippen molar-refractivity contribution in [2.24, 2.45) is 11.8 Å². The molecule has 8 rings (SSSR count). The number of aromatic nitrogens is 1. The summed E-state index contributed by atoms with van der Waals surface area (Å²) in [5, 5.41) is 14.7. The number of piperidine rings is 2. The smallest absolute Gasteiger partial charge is 0.262 e. The second-order valence-electron chi connectivity index (χ2n) is 15.3. The predicted octanol–water partition coefficient (Wildman–Crippen LogP) is 4.23. The number of hydrogen-bond donors (Lipinski definition) is 2. The van der Waals surface area contributed by atoms with Crippen molar-refractivity contribution in [1.29, 1.82) is 5.26 Å². The lowest BCUT2D eigenvalue weighted by molar-refractivity contribution is -0.136. The highest BCUT2D eigenvalue weighted by Crippen LogP contribution is 2.34. The van der Waals surface area contributed by atoms with E-state index in [1.807, 2.05) is 30.5 Å². The number of carbonyl (C=O) groups excluding carboxylic acids is 5. The maximum Gasteiger partial charge on any atom is 0.262 e. The van der Waals surface area contributed by atoms with Gasteiger partial charge >= 0.3 is 0 Å². The van der Waals surface area contributed by atoms with Crippen molar-refractivity contribution >= 4 is 58.3 Å². The van der Waals surface area contributed by atoms with Gasteiger partial charge in [0.15, 0.2) is 0 Å². The monoisotopic (exact) mass is 778 g/mol. The van der Waals surface area contributed by atoms with Crippen molar-refractivity contribution in [1.82, 2.24) is 20.1 Å².